The normalized spacial score (nSPS) is 11.5. The minimum absolute atomic E-state index is 0.111. The van der Waals surface area contributed by atoms with E-state index in [1.165, 1.54) is 11.8 Å². The van der Waals surface area contributed by atoms with Gasteiger partial charge in [-0.1, -0.05) is 5.16 Å². The number of nitrogens with two attached hydrogens (primary N) is 1. The standard InChI is InChI=1S/C12H12N4OS/c1-8-7-9(3-4-10(8)11(13)16-17)18-12-14-5-2-6-15-12/h2-7,17H,1H3,(H2,13,16). The van der Waals surface area contributed by atoms with E-state index in [-0.39, 0.29) is 5.84 Å². The average molecular weight is 260 g/mol. The van der Waals surface area contributed by atoms with Crippen LogP contribution in [0.25, 0.3) is 0 Å². The van der Waals surface area contributed by atoms with Crippen molar-refractivity contribution < 1.29 is 5.21 Å². The Balaban J connectivity index is 2.25. The zero-order valence-electron chi connectivity index (χ0n) is 9.74. The lowest BCUT2D eigenvalue weighted by Crippen LogP contribution is -2.14. The van der Waals surface area contributed by atoms with Gasteiger partial charge in [0.25, 0.3) is 0 Å². The summed E-state index contributed by atoms with van der Waals surface area (Å²) >= 11 is 1.46. The first-order valence-electron chi connectivity index (χ1n) is 5.24. The van der Waals surface area contributed by atoms with Crippen LogP contribution in [0.2, 0.25) is 0 Å². The zero-order chi connectivity index (χ0) is 13.0. The monoisotopic (exact) mass is 260 g/mol. The van der Waals surface area contributed by atoms with Crippen LogP contribution in [0.3, 0.4) is 0 Å². The lowest BCUT2D eigenvalue weighted by Gasteiger charge is -2.06. The molecular weight excluding hydrogens is 248 g/mol. The maximum Gasteiger partial charge on any atom is 0.192 e. The number of aromatic nitrogens is 2. The Hall–Kier alpha value is -2.08. The van der Waals surface area contributed by atoms with Crippen molar-refractivity contribution in [3.8, 4) is 0 Å². The molecule has 0 amide bonds. The van der Waals surface area contributed by atoms with E-state index in [1.54, 1.807) is 18.5 Å². The molecule has 0 spiro atoms. The number of aryl methyl sites for hydroxylation is 1. The Kier molecular flexibility index (Phi) is 3.78. The van der Waals surface area contributed by atoms with Crippen LogP contribution in [0.1, 0.15) is 11.1 Å². The van der Waals surface area contributed by atoms with E-state index in [4.69, 9.17) is 10.9 Å². The highest BCUT2D eigenvalue weighted by Crippen LogP contribution is 2.25. The van der Waals surface area contributed by atoms with Gasteiger partial charge in [0.2, 0.25) is 0 Å². The summed E-state index contributed by atoms with van der Waals surface area (Å²) in [6.07, 6.45) is 3.40. The van der Waals surface area contributed by atoms with Gasteiger partial charge in [0, 0.05) is 22.9 Å². The molecule has 0 aliphatic rings. The molecular formula is C12H12N4OS. The van der Waals surface area contributed by atoms with Crippen LogP contribution in [-0.2, 0) is 0 Å². The average Bonchev–Trinajstić information content (AvgIpc) is 2.39. The third-order valence-electron chi connectivity index (χ3n) is 2.33. The van der Waals surface area contributed by atoms with Crippen molar-refractivity contribution in [1.82, 2.24) is 9.97 Å². The number of hydrogen-bond donors (Lipinski definition) is 2. The topological polar surface area (TPSA) is 84.4 Å². The van der Waals surface area contributed by atoms with Crippen LogP contribution in [-0.4, -0.2) is 21.0 Å². The minimum atomic E-state index is 0.111. The van der Waals surface area contributed by atoms with Gasteiger partial charge in [0.1, 0.15) is 0 Å². The Labute approximate surface area is 109 Å². The Morgan fingerprint density at radius 2 is 2.06 bits per heavy atom. The van der Waals surface area contributed by atoms with E-state index in [1.807, 2.05) is 25.1 Å². The van der Waals surface area contributed by atoms with E-state index in [9.17, 15) is 0 Å². The van der Waals surface area contributed by atoms with Gasteiger partial charge in [-0.15, -0.1) is 0 Å². The number of oxime groups is 1. The summed E-state index contributed by atoms with van der Waals surface area (Å²) in [6.45, 7) is 1.91. The van der Waals surface area contributed by atoms with Gasteiger partial charge < -0.3 is 10.9 Å². The highest BCUT2D eigenvalue weighted by molar-refractivity contribution is 7.99. The molecule has 0 radical (unpaired) electrons. The van der Waals surface area contributed by atoms with Crippen LogP contribution in [0.15, 0.2) is 51.9 Å². The van der Waals surface area contributed by atoms with E-state index in [0.29, 0.717) is 5.16 Å². The summed E-state index contributed by atoms with van der Waals surface area (Å²) in [5.41, 5.74) is 7.22. The molecule has 1 aromatic heterocycles. The molecule has 0 aliphatic heterocycles. The van der Waals surface area contributed by atoms with Crippen molar-refractivity contribution in [2.24, 2.45) is 10.9 Å². The number of rotatable bonds is 3. The third kappa shape index (κ3) is 2.78. The maximum absolute atomic E-state index is 8.65. The molecule has 0 saturated carbocycles. The molecule has 1 aromatic carbocycles. The lowest BCUT2D eigenvalue weighted by atomic mass is 10.1. The third-order valence-corrected chi connectivity index (χ3v) is 3.22. The van der Waals surface area contributed by atoms with Gasteiger partial charge >= 0.3 is 0 Å². The molecule has 2 rings (SSSR count). The summed E-state index contributed by atoms with van der Waals surface area (Å²) in [6, 6.07) is 7.43. The minimum Gasteiger partial charge on any atom is -0.409 e. The Morgan fingerprint density at radius 1 is 1.33 bits per heavy atom. The highest BCUT2D eigenvalue weighted by Gasteiger charge is 2.06. The number of benzene rings is 1. The highest BCUT2D eigenvalue weighted by atomic mass is 32.2. The fourth-order valence-electron chi connectivity index (χ4n) is 1.48. The van der Waals surface area contributed by atoms with Crippen molar-refractivity contribution in [2.75, 3.05) is 0 Å². The number of amidine groups is 1. The number of nitrogens with zero attached hydrogens (tertiary/aromatic N) is 3. The summed E-state index contributed by atoms with van der Waals surface area (Å²) in [7, 11) is 0. The molecule has 3 N–H and O–H groups in total. The van der Waals surface area contributed by atoms with Crippen molar-refractivity contribution in [2.45, 2.75) is 17.0 Å². The smallest absolute Gasteiger partial charge is 0.192 e. The lowest BCUT2D eigenvalue weighted by molar-refractivity contribution is 0.318. The molecule has 0 fully saturated rings. The molecule has 0 atom stereocenters. The van der Waals surface area contributed by atoms with Gasteiger partial charge in [-0.25, -0.2) is 9.97 Å². The van der Waals surface area contributed by atoms with Crippen LogP contribution in [0.4, 0.5) is 0 Å². The zero-order valence-corrected chi connectivity index (χ0v) is 10.6. The van der Waals surface area contributed by atoms with Gasteiger partial charge in [-0.2, -0.15) is 0 Å². The number of hydrogen-bond acceptors (Lipinski definition) is 5. The van der Waals surface area contributed by atoms with Gasteiger partial charge in [0.05, 0.1) is 0 Å². The van der Waals surface area contributed by atoms with Gasteiger partial charge in [0.15, 0.2) is 11.0 Å². The first-order chi connectivity index (χ1) is 8.70. The van der Waals surface area contributed by atoms with Crippen LogP contribution >= 0.6 is 11.8 Å². The fraction of sp³-hybridized carbons (Fsp3) is 0.0833. The summed E-state index contributed by atoms with van der Waals surface area (Å²) in [5.74, 6) is 0.111. The van der Waals surface area contributed by atoms with Gasteiger partial charge in [-0.05, 0) is 48.5 Å². The fourth-order valence-corrected chi connectivity index (χ4v) is 2.29. The molecule has 18 heavy (non-hydrogen) atoms. The molecule has 0 bridgehead atoms. The molecule has 1 heterocycles. The van der Waals surface area contributed by atoms with Crippen molar-refractivity contribution in [3.63, 3.8) is 0 Å². The molecule has 2 aromatic rings. The predicted octanol–water partition coefficient (Wildman–Crippen LogP) is 2.03. The van der Waals surface area contributed by atoms with Crippen molar-refractivity contribution in [1.29, 1.82) is 0 Å². The quantitative estimate of drug-likeness (QED) is 0.290. The second-order valence-corrected chi connectivity index (χ2v) is 4.64. The van der Waals surface area contributed by atoms with E-state index in [0.717, 1.165) is 16.0 Å². The molecule has 5 nitrogen and oxygen atoms in total. The summed E-state index contributed by atoms with van der Waals surface area (Å²) in [4.78, 5) is 9.29. The Morgan fingerprint density at radius 3 is 2.67 bits per heavy atom. The molecule has 92 valence electrons. The van der Waals surface area contributed by atoms with Crippen LogP contribution in [0, 0.1) is 6.92 Å². The van der Waals surface area contributed by atoms with Crippen molar-refractivity contribution in [3.05, 3.63) is 47.8 Å². The maximum atomic E-state index is 8.65. The van der Waals surface area contributed by atoms with Crippen LogP contribution in [0.5, 0.6) is 0 Å². The summed E-state index contributed by atoms with van der Waals surface area (Å²) in [5, 5.41) is 12.3. The molecule has 0 aliphatic carbocycles. The van der Waals surface area contributed by atoms with E-state index < -0.39 is 0 Å². The Bertz CT molecular complexity index is 572. The van der Waals surface area contributed by atoms with E-state index >= 15 is 0 Å². The SMILES string of the molecule is Cc1cc(Sc2ncccn2)ccc1/C(N)=N/O. The second kappa shape index (κ2) is 5.50. The largest absolute Gasteiger partial charge is 0.409 e. The first-order valence-corrected chi connectivity index (χ1v) is 6.06. The molecule has 0 unspecified atom stereocenters. The molecule has 6 heteroatoms. The second-order valence-electron chi connectivity index (χ2n) is 3.60. The van der Waals surface area contributed by atoms with Crippen molar-refractivity contribution >= 4 is 17.6 Å². The van der Waals surface area contributed by atoms with E-state index in [2.05, 4.69) is 15.1 Å². The predicted molar refractivity (Wildman–Crippen MR) is 69.8 cm³/mol. The summed E-state index contributed by atoms with van der Waals surface area (Å²) < 4.78 is 0. The molecule has 0 saturated heterocycles. The van der Waals surface area contributed by atoms with Crippen LogP contribution < -0.4 is 5.73 Å². The van der Waals surface area contributed by atoms with Gasteiger partial charge in [-0.3, -0.25) is 0 Å². The first kappa shape index (κ1) is 12.4.